The van der Waals surface area contributed by atoms with E-state index < -0.39 is 17.8 Å². The maximum Gasteiger partial charge on any atom is 0.433 e. The predicted octanol–water partition coefficient (Wildman–Crippen LogP) is 2.15. The summed E-state index contributed by atoms with van der Waals surface area (Å²) >= 11 is 0. The molecule has 0 radical (unpaired) electrons. The van der Waals surface area contributed by atoms with Gasteiger partial charge in [0.05, 0.1) is 0 Å². The second kappa shape index (κ2) is 4.47. The minimum absolute atomic E-state index is 0.0166. The SMILES string of the molecule is O=C(O)CN(c1cccc(C(F)(F)F)n1)C1CC1. The standard InChI is InChI=1S/C11H11F3N2O2/c12-11(13,14)8-2-1-3-9(15-8)16(6-10(17)18)7-4-5-7/h1-3,7H,4-6H2,(H,17,18). The third kappa shape index (κ3) is 2.91. The van der Waals surface area contributed by atoms with Crippen LogP contribution in [0.25, 0.3) is 0 Å². The Balaban J connectivity index is 2.27. The number of hydrogen-bond donors (Lipinski definition) is 1. The molecule has 1 aliphatic carbocycles. The van der Waals surface area contributed by atoms with Crippen LogP contribution in [0.3, 0.4) is 0 Å². The minimum atomic E-state index is -4.52. The third-order valence-corrected chi connectivity index (χ3v) is 2.61. The molecule has 0 aromatic carbocycles. The van der Waals surface area contributed by atoms with E-state index in [9.17, 15) is 18.0 Å². The van der Waals surface area contributed by atoms with Gasteiger partial charge in [-0.1, -0.05) is 6.07 Å². The van der Waals surface area contributed by atoms with Crippen molar-refractivity contribution in [3.63, 3.8) is 0 Å². The molecule has 98 valence electrons. The molecule has 0 atom stereocenters. The maximum atomic E-state index is 12.5. The van der Waals surface area contributed by atoms with Crippen molar-refractivity contribution >= 4 is 11.8 Å². The van der Waals surface area contributed by atoms with Crippen LogP contribution in [0.15, 0.2) is 18.2 Å². The Morgan fingerprint density at radius 2 is 2.11 bits per heavy atom. The monoisotopic (exact) mass is 260 g/mol. The van der Waals surface area contributed by atoms with Gasteiger partial charge in [-0.3, -0.25) is 4.79 Å². The van der Waals surface area contributed by atoms with Gasteiger partial charge in [0.25, 0.3) is 0 Å². The quantitative estimate of drug-likeness (QED) is 0.901. The summed E-state index contributed by atoms with van der Waals surface area (Å²) in [7, 11) is 0. The molecule has 1 N–H and O–H groups in total. The van der Waals surface area contributed by atoms with E-state index in [0.717, 1.165) is 18.9 Å². The first-order chi connectivity index (χ1) is 8.38. The number of carboxylic acid groups (broad SMARTS) is 1. The zero-order chi connectivity index (χ0) is 13.3. The third-order valence-electron chi connectivity index (χ3n) is 2.61. The number of pyridine rings is 1. The summed E-state index contributed by atoms with van der Waals surface area (Å²) in [6.45, 7) is -0.334. The highest BCUT2D eigenvalue weighted by atomic mass is 19.4. The van der Waals surface area contributed by atoms with Gasteiger partial charge in [0.15, 0.2) is 0 Å². The lowest BCUT2D eigenvalue weighted by atomic mass is 10.3. The molecular weight excluding hydrogens is 249 g/mol. The Morgan fingerprint density at radius 1 is 1.44 bits per heavy atom. The number of halogens is 3. The summed E-state index contributed by atoms with van der Waals surface area (Å²) in [5, 5.41) is 8.76. The first-order valence-corrected chi connectivity index (χ1v) is 5.40. The van der Waals surface area contributed by atoms with E-state index >= 15 is 0 Å². The molecule has 18 heavy (non-hydrogen) atoms. The number of anilines is 1. The van der Waals surface area contributed by atoms with Crippen LogP contribution >= 0.6 is 0 Å². The molecule has 1 aromatic heterocycles. The highest BCUT2D eigenvalue weighted by Crippen LogP contribution is 2.33. The molecule has 1 aliphatic rings. The maximum absolute atomic E-state index is 12.5. The Bertz CT molecular complexity index is 458. The molecule has 0 bridgehead atoms. The smallest absolute Gasteiger partial charge is 0.433 e. The fourth-order valence-electron chi connectivity index (χ4n) is 1.67. The largest absolute Gasteiger partial charge is 0.480 e. The first kappa shape index (κ1) is 12.7. The minimum Gasteiger partial charge on any atom is -0.480 e. The van der Waals surface area contributed by atoms with E-state index in [-0.39, 0.29) is 18.4 Å². The molecule has 1 saturated carbocycles. The molecule has 0 unspecified atom stereocenters. The number of carboxylic acids is 1. The van der Waals surface area contributed by atoms with Gasteiger partial charge in [-0.25, -0.2) is 4.98 Å². The highest BCUT2D eigenvalue weighted by Gasteiger charge is 2.35. The van der Waals surface area contributed by atoms with E-state index in [1.165, 1.54) is 17.0 Å². The molecule has 0 amide bonds. The van der Waals surface area contributed by atoms with Crippen molar-refractivity contribution in [2.45, 2.75) is 25.1 Å². The zero-order valence-electron chi connectivity index (χ0n) is 9.31. The number of alkyl halides is 3. The summed E-state index contributed by atoms with van der Waals surface area (Å²) in [5.74, 6) is -1.02. The van der Waals surface area contributed by atoms with Gasteiger partial charge in [0.2, 0.25) is 0 Å². The van der Waals surface area contributed by atoms with Crippen molar-refractivity contribution in [3.05, 3.63) is 23.9 Å². The molecule has 4 nitrogen and oxygen atoms in total. The van der Waals surface area contributed by atoms with Crippen LogP contribution in [0.4, 0.5) is 19.0 Å². The number of rotatable bonds is 4. The van der Waals surface area contributed by atoms with Crippen LogP contribution in [-0.2, 0) is 11.0 Å². The van der Waals surface area contributed by atoms with Gasteiger partial charge < -0.3 is 10.0 Å². The molecule has 2 rings (SSSR count). The van der Waals surface area contributed by atoms with E-state index in [0.29, 0.717) is 0 Å². The van der Waals surface area contributed by atoms with Gasteiger partial charge in [-0.15, -0.1) is 0 Å². The van der Waals surface area contributed by atoms with Gasteiger partial charge in [0.1, 0.15) is 18.1 Å². The lowest BCUT2D eigenvalue weighted by Gasteiger charge is -2.22. The van der Waals surface area contributed by atoms with Crippen LogP contribution in [0.2, 0.25) is 0 Å². The van der Waals surface area contributed by atoms with Crippen LogP contribution in [0, 0.1) is 0 Å². The van der Waals surface area contributed by atoms with E-state index in [1.54, 1.807) is 0 Å². The molecule has 0 saturated heterocycles. The van der Waals surface area contributed by atoms with Crippen LogP contribution in [-0.4, -0.2) is 28.6 Å². The molecule has 7 heteroatoms. The average molecular weight is 260 g/mol. The van der Waals surface area contributed by atoms with Crippen LogP contribution in [0.1, 0.15) is 18.5 Å². The number of aliphatic carboxylic acids is 1. The van der Waals surface area contributed by atoms with Crippen molar-refractivity contribution in [2.24, 2.45) is 0 Å². The summed E-state index contributed by atoms with van der Waals surface area (Å²) < 4.78 is 37.5. The van der Waals surface area contributed by atoms with Gasteiger partial charge in [-0.05, 0) is 25.0 Å². The number of aromatic nitrogens is 1. The molecule has 0 spiro atoms. The van der Waals surface area contributed by atoms with Crippen molar-refractivity contribution in [1.82, 2.24) is 4.98 Å². The van der Waals surface area contributed by atoms with Gasteiger partial charge in [-0.2, -0.15) is 13.2 Å². The molecule has 1 aromatic rings. The van der Waals surface area contributed by atoms with E-state index in [2.05, 4.69) is 4.98 Å². The second-order valence-electron chi connectivity index (χ2n) is 4.13. The molecular formula is C11H11F3N2O2. The topological polar surface area (TPSA) is 53.4 Å². The highest BCUT2D eigenvalue weighted by molar-refractivity contribution is 5.73. The normalized spacial score (nSPS) is 15.5. The number of nitrogens with zero attached hydrogens (tertiary/aromatic N) is 2. The Kier molecular flexibility index (Phi) is 3.14. The average Bonchev–Trinajstić information content (AvgIpc) is 3.08. The summed E-state index contributed by atoms with van der Waals surface area (Å²) in [4.78, 5) is 15.6. The van der Waals surface area contributed by atoms with Crippen molar-refractivity contribution in [2.75, 3.05) is 11.4 Å². The summed E-state index contributed by atoms with van der Waals surface area (Å²) in [5.41, 5.74) is -1.00. The van der Waals surface area contributed by atoms with Crippen molar-refractivity contribution in [3.8, 4) is 0 Å². The first-order valence-electron chi connectivity index (χ1n) is 5.40. The van der Waals surface area contributed by atoms with Crippen molar-refractivity contribution in [1.29, 1.82) is 0 Å². The van der Waals surface area contributed by atoms with E-state index in [1.807, 2.05) is 0 Å². The number of hydrogen-bond acceptors (Lipinski definition) is 3. The summed E-state index contributed by atoms with van der Waals surface area (Å²) in [6, 6.07) is 3.49. The molecule has 1 heterocycles. The molecule has 1 fully saturated rings. The second-order valence-corrected chi connectivity index (χ2v) is 4.13. The predicted molar refractivity (Wildman–Crippen MR) is 57.2 cm³/mol. The summed E-state index contributed by atoms with van der Waals surface area (Å²) in [6.07, 6.45) is -2.95. The Hall–Kier alpha value is -1.79. The number of carbonyl (C=O) groups is 1. The fourth-order valence-corrected chi connectivity index (χ4v) is 1.67. The Morgan fingerprint density at radius 3 is 2.61 bits per heavy atom. The zero-order valence-corrected chi connectivity index (χ0v) is 9.31. The van der Waals surface area contributed by atoms with Gasteiger partial charge in [0, 0.05) is 6.04 Å². The van der Waals surface area contributed by atoms with Crippen LogP contribution < -0.4 is 4.90 Å². The van der Waals surface area contributed by atoms with Crippen molar-refractivity contribution < 1.29 is 23.1 Å². The van der Waals surface area contributed by atoms with Crippen LogP contribution in [0.5, 0.6) is 0 Å². The lowest BCUT2D eigenvalue weighted by Crippen LogP contribution is -2.32. The van der Waals surface area contributed by atoms with E-state index in [4.69, 9.17) is 5.11 Å². The lowest BCUT2D eigenvalue weighted by molar-refractivity contribution is -0.141. The van der Waals surface area contributed by atoms with Gasteiger partial charge >= 0.3 is 12.1 Å². The fraction of sp³-hybridized carbons (Fsp3) is 0.455. The Labute approximate surface area is 101 Å². The molecule has 0 aliphatic heterocycles.